The standard InChI is InChI=1S/C17H23N3O2/c1-5-22-17-7-6-15(8-14(17)10-21)20-12(3)16-9-18-13(4)19-11(16)2/h6-9,12,20-21H,5,10H2,1-4H3. The average Bonchev–Trinajstić information content (AvgIpc) is 2.48. The molecule has 0 amide bonds. The Labute approximate surface area is 131 Å². The molecule has 0 saturated carbocycles. The fraction of sp³-hybridized carbons (Fsp3) is 0.412. The normalized spacial score (nSPS) is 12.0. The number of rotatable bonds is 6. The van der Waals surface area contributed by atoms with Crippen LogP contribution in [0.25, 0.3) is 0 Å². The Kier molecular flexibility index (Phi) is 5.33. The molecule has 1 heterocycles. The van der Waals surface area contributed by atoms with Crippen molar-refractivity contribution in [2.45, 2.75) is 40.3 Å². The largest absolute Gasteiger partial charge is 0.494 e. The van der Waals surface area contributed by atoms with Crippen molar-refractivity contribution in [3.63, 3.8) is 0 Å². The number of ether oxygens (including phenoxy) is 1. The van der Waals surface area contributed by atoms with E-state index >= 15 is 0 Å². The Morgan fingerprint density at radius 3 is 2.73 bits per heavy atom. The van der Waals surface area contributed by atoms with Gasteiger partial charge in [-0.15, -0.1) is 0 Å². The van der Waals surface area contributed by atoms with Crippen LogP contribution in [0.15, 0.2) is 24.4 Å². The van der Waals surface area contributed by atoms with Gasteiger partial charge in [0.25, 0.3) is 0 Å². The van der Waals surface area contributed by atoms with Gasteiger partial charge in [-0.1, -0.05) is 0 Å². The van der Waals surface area contributed by atoms with Crippen LogP contribution in [0.2, 0.25) is 0 Å². The quantitative estimate of drug-likeness (QED) is 0.858. The first-order valence-corrected chi connectivity index (χ1v) is 7.48. The molecule has 2 rings (SSSR count). The van der Waals surface area contributed by atoms with Crippen molar-refractivity contribution in [2.24, 2.45) is 0 Å². The number of aryl methyl sites for hydroxylation is 2. The van der Waals surface area contributed by atoms with Gasteiger partial charge in [-0.05, 0) is 45.9 Å². The molecule has 5 nitrogen and oxygen atoms in total. The van der Waals surface area contributed by atoms with E-state index in [1.54, 1.807) is 0 Å². The third kappa shape index (κ3) is 3.74. The molecule has 22 heavy (non-hydrogen) atoms. The highest BCUT2D eigenvalue weighted by atomic mass is 16.5. The van der Waals surface area contributed by atoms with Gasteiger partial charge in [-0.3, -0.25) is 0 Å². The third-order valence-electron chi connectivity index (χ3n) is 3.52. The number of nitrogens with zero attached hydrogens (tertiary/aromatic N) is 2. The molecular formula is C17H23N3O2. The molecule has 1 atom stereocenters. The molecule has 0 spiro atoms. The van der Waals surface area contributed by atoms with Crippen molar-refractivity contribution >= 4 is 5.69 Å². The highest BCUT2D eigenvalue weighted by Crippen LogP contribution is 2.26. The minimum atomic E-state index is -0.0497. The fourth-order valence-corrected chi connectivity index (χ4v) is 2.43. The van der Waals surface area contributed by atoms with Crippen LogP contribution in [0.3, 0.4) is 0 Å². The third-order valence-corrected chi connectivity index (χ3v) is 3.52. The molecular weight excluding hydrogens is 278 g/mol. The maximum Gasteiger partial charge on any atom is 0.125 e. The van der Waals surface area contributed by atoms with E-state index < -0.39 is 0 Å². The summed E-state index contributed by atoms with van der Waals surface area (Å²) in [6, 6.07) is 5.81. The second-order valence-electron chi connectivity index (χ2n) is 5.24. The van der Waals surface area contributed by atoms with E-state index in [2.05, 4.69) is 22.2 Å². The van der Waals surface area contributed by atoms with Crippen LogP contribution in [0, 0.1) is 13.8 Å². The van der Waals surface area contributed by atoms with E-state index in [1.165, 1.54) is 0 Å². The topological polar surface area (TPSA) is 67.3 Å². The molecule has 0 aliphatic heterocycles. The minimum absolute atomic E-state index is 0.0497. The molecule has 1 aromatic heterocycles. The number of aliphatic hydroxyl groups excluding tert-OH is 1. The zero-order valence-electron chi connectivity index (χ0n) is 13.6. The SMILES string of the molecule is CCOc1ccc(NC(C)c2cnc(C)nc2C)cc1CO. The first-order chi connectivity index (χ1) is 10.5. The first kappa shape index (κ1) is 16.2. The lowest BCUT2D eigenvalue weighted by Gasteiger charge is -2.18. The molecule has 2 aromatic rings. The van der Waals surface area contributed by atoms with Gasteiger partial charge in [-0.2, -0.15) is 0 Å². The minimum Gasteiger partial charge on any atom is -0.494 e. The van der Waals surface area contributed by atoms with Gasteiger partial charge in [0.15, 0.2) is 0 Å². The Morgan fingerprint density at radius 1 is 1.32 bits per heavy atom. The van der Waals surface area contributed by atoms with Crippen molar-refractivity contribution in [3.8, 4) is 5.75 Å². The summed E-state index contributed by atoms with van der Waals surface area (Å²) >= 11 is 0. The van der Waals surface area contributed by atoms with E-state index in [0.29, 0.717) is 6.61 Å². The van der Waals surface area contributed by atoms with E-state index in [-0.39, 0.29) is 12.6 Å². The Balaban J connectivity index is 2.19. The second-order valence-corrected chi connectivity index (χ2v) is 5.24. The number of anilines is 1. The van der Waals surface area contributed by atoms with Crippen molar-refractivity contribution in [1.82, 2.24) is 9.97 Å². The molecule has 0 bridgehead atoms. The van der Waals surface area contributed by atoms with E-state index in [0.717, 1.165) is 34.1 Å². The monoisotopic (exact) mass is 301 g/mol. The maximum atomic E-state index is 9.47. The zero-order chi connectivity index (χ0) is 16.1. The summed E-state index contributed by atoms with van der Waals surface area (Å²) in [7, 11) is 0. The van der Waals surface area contributed by atoms with Crippen molar-refractivity contribution in [1.29, 1.82) is 0 Å². The summed E-state index contributed by atoms with van der Waals surface area (Å²) in [4.78, 5) is 8.66. The van der Waals surface area contributed by atoms with Crippen LogP contribution in [-0.2, 0) is 6.61 Å². The molecule has 5 heteroatoms. The number of aliphatic hydroxyl groups is 1. The van der Waals surface area contributed by atoms with E-state index in [4.69, 9.17) is 4.74 Å². The van der Waals surface area contributed by atoms with Crippen LogP contribution in [0.5, 0.6) is 5.75 Å². The average molecular weight is 301 g/mol. The van der Waals surface area contributed by atoms with Crippen LogP contribution in [0.1, 0.15) is 42.5 Å². The Morgan fingerprint density at radius 2 is 2.09 bits per heavy atom. The summed E-state index contributed by atoms with van der Waals surface area (Å²) < 4.78 is 5.50. The van der Waals surface area contributed by atoms with Crippen LogP contribution < -0.4 is 10.1 Å². The lowest BCUT2D eigenvalue weighted by atomic mass is 10.1. The summed E-state index contributed by atoms with van der Waals surface area (Å²) in [6.07, 6.45) is 1.86. The van der Waals surface area contributed by atoms with Gasteiger partial charge < -0.3 is 15.2 Å². The zero-order valence-corrected chi connectivity index (χ0v) is 13.6. The molecule has 118 valence electrons. The first-order valence-electron chi connectivity index (χ1n) is 7.48. The summed E-state index contributed by atoms with van der Waals surface area (Å²) in [5.74, 6) is 1.50. The van der Waals surface area contributed by atoms with Gasteiger partial charge in [-0.25, -0.2) is 9.97 Å². The fourth-order valence-electron chi connectivity index (χ4n) is 2.43. The van der Waals surface area contributed by atoms with Gasteiger partial charge in [0.05, 0.1) is 19.3 Å². The molecule has 1 aromatic carbocycles. The van der Waals surface area contributed by atoms with Gasteiger partial charge in [0.2, 0.25) is 0 Å². The van der Waals surface area contributed by atoms with E-state index in [1.807, 2.05) is 45.2 Å². The number of nitrogens with one attached hydrogen (secondary N) is 1. The van der Waals surface area contributed by atoms with Gasteiger partial charge in [0, 0.05) is 28.7 Å². The predicted octanol–water partition coefficient (Wildman–Crippen LogP) is 3.16. The number of aromatic nitrogens is 2. The second kappa shape index (κ2) is 7.22. The predicted molar refractivity (Wildman–Crippen MR) is 87.1 cm³/mol. The maximum absolute atomic E-state index is 9.47. The summed E-state index contributed by atoms with van der Waals surface area (Å²) in [5, 5.41) is 12.9. The number of hydrogen-bond donors (Lipinski definition) is 2. The Hall–Kier alpha value is -2.14. The molecule has 1 unspecified atom stereocenters. The number of hydrogen-bond acceptors (Lipinski definition) is 5. The van der Waals surface area contributed by atoms with Crippen molar-refractivity contribution in [2.75, 3.05) is 11.9 Å². The van der Waals surface area contributed by atoms with Crippen LogP contribution in [-0.4, -0.2) is 21.7 Å². The lowest BCUT2D eigenvalue weighted by molar-refractivity contribution is 0.267. The molecule has 0 aliphatic carbocycles. The summed E-state index contributed by atoms with van der Waals surface area (Å²) in [6.45, 7) is 8.39. The van der Waals surface area contributed by atoms with Gasteiger partial charge in [0.1, 0.15) is 11.6 Å². The smallest absolute Gasteiger partial charge is 0.125 e. The van der Waals surface area contributed by atoms with Crippen molar-refractivity contribution in [3.05, 3.63) is 47.0 Å². The van der Waals surface area contributed by atoms with Crippen molar-refractivity contribution < 1.29 is 9.84 Å². The van der Waals surface area contributed by atoms with Crippen LogP contribution in [0.4, 0.5) is 5.69 Å². The molecule has 0 radical (unpaired) electrons. The molecule has 0 fully saturated rings. The molecule has 0 saturated heterocycles. The lowest BCUT2D eigenvalue weighted by Crippen LogP contribution is -2.11. The highest BCUT2D eigenvalue weighted by molar-refractivity contribution is 5.52. The van der Waals surface area contributed by atoms with E-state index in [9.17, 15) is 5.11 Å². The summed E-state index contributed by atoms with van der Waals surface area (Å²) in [5.41, 5.74) is 3.74. The Bertz CT molecular complexity index is 644. The molecule has 2 N–H and O–H groups in total. The molecule has 0 aliphatic rings. The number of benzene rings is 1. The highest BCUT2D eigenvalue weighted by Gasteiger charge is 2.11. The van der Waals surface area contributed by atoms with Crippen LogP contribution >= 0.6 is 0 Å². The van der Waals surface area contributed by atoms with Gasteiger partial charge >= 0.3 is 0 Å².